The normalized spacial score (nSPS) is 17.9. The molecule has 16 heavy (non-hydrogen) atoms. The maximum Gasteiger partial charge on any atom is 0.0406 e. The molecule has 80 valence electrons. The predicted molar refractivity (Wildman–Crippen MR) is 68.2 cm³/mol. The number of fused-ring (bicyclic) bond motifs is 1. The standard InChI is InChI=1S/C14H12ClN/c15-11-7-5-10(6-8-11)13-9-16-14-4-2-1-3-12(13)14/h1-8,13,16H,9H2. The summed E-state index contributed by atoms with van der Waals surface area (Å²) in [7, 11) is 0. The fourth-order valence-corrected chi connectivity index (χ4v) is 2.40. The molecule has 0 amide bonds. The van der Waals surface area contributed by atoms with Crippen molar-refractivity contribution in [1.29, 1.82) is 0 Å². The SMILES string of the molecule is Clc1ccc(C2CNc3ccccc32)cc1. The fraction of sp³-hybridized carbons (Fsp3) is 0.143. The third-order valence-electron chi connectivity index (χ3n) is 3.11. The van der Waals surface area contributed by atoms with Gasteiger partial charge in [0.25, 0.3) is 0 Å². The van der Waals surface area contributed by atoms with Gasteiger partial charge in [-0.3, -0.25) is 0 Å². The summed E-state index contributed by atoms with van der Waals surface area (Å²) in [5, 5.41) is 4.22. The van der Waals surface area contributed by atoms with Gasteiger partial charge in [0.1, 0.15) is 0 Å². The molecule has 1 N–H and O–H groups in total. The van der Waals surface area contributed by atoms with Crippen molar-refractivity contribution >= 4 is 17.3 Å². The van der Waals surface area contributed by atoms with E-state index in [1.54, 1.807) is 0 Å². The number of para-hydroxylation sites is 1. The Hall–Kier alpha value is -1.47. The molecule has 3 rings (SSSR count). The Bertz CT molecular complexity index is 504. The van der Waals surface area contributed by atoms with E-state index in [1.807, 2.05) is 12.1 Å². The van der Waals surface area contributed by atoms with E-state index in [-0.39, 0.29) is 0 Å². The molecule has 2 heteroatoms. The van der Waals surface area contributed by atoms with Crippen LogP contribution in [0.5, 0.6) is 0 Å². The van der Waals surface area contributed by atoms with Gasteiger partial charge < -0.3 is 5.32 Å². The molecule has 1 aliphatic heterocycles. The van der Waals surface area contributed by atoms with Crippen LogP contribution >= 0.6 is 11.6 Å². The van der Waals surface area contributed by atoms with Crippen LogP contribution in [0.1, 0.15) is 17.0 Å². The van der Waals surface area contributed by atoms with Crippen LogP contribution in [-0.2, 0) is 0 Å². The summed E-state index contributed by atoms with van der Waals surface area (Å²) in [6.07, 6.45) is 0. The van der Waals surface area contributed by atoms with E-state index in [0.29, 0.717) is 5.92 Å². The van der Waals surface area contributed by atoms with Crippen molar-refractivity contribution in [2.45, 2.75) is 5.92 Å². The minimum atomic E-state index is 0.452. The Morgan fingerprint density at radius 2 is 1.75 bits per heavy atom. The number of hydrogen-bond donors (Lipinski definition) is 1. The quantitative estimate of drug-likeness (QED) is 0.782. The molecule has 1 heterocycles. The Labute approximate surface area is 100 Å². The van der Waals surface area contributed by atoms with Crippen LogP contribution in [0.25, 0.3) is 0 Å². The van der Waals surface area contributed by atoms with Gasteiger partial charge in [-0.1, -0.05) is 41.9 Å². The Kier molecular flexibility index (Phi) is 2.33. The van der Waals surface area contributed by atoms with E-state index in [9.17, 15) is 0 Å². The molecule has 2 aromatic rings. The van der Waals surface area contributed by atoms with Crippen LogP contribution in [0, 0.1) is 0 Å². The molecule has 0 aliphatic carbocycles. The molecule has 1 nitrogen and oxygen atoms in total. The highest BCUT2D eigenvalue weighted by molar-refractivity contribution is 6.30. The van der Waals surface area contributed by atoms with Crippen molar-refractivity contribution in [2.75, 3.05) is 11.9 Å². The van der Waals surface area contributed by atoms with Crippen LogP contribution in [0.3, 0.4) is 0 Å². The first-order valence-corrected chi connectivity index (χ1v) is 5.80. The van der Waals surface area contributed by atoms with Crippen molar-refractivity contribution in [3.05, 3.63) is 64.7 Å². The summed E-state index contributed by atoms with van der Waals surface area (Å²) in [4.78, 5) is 0. The topological polar surface area (TPSA) is 12.0 Å². The lowest BCUT2D eigenvalue weighted by Gasteiger charge is -2.10. The molecular formula is C14H12ClN. The highest BCUT2D eigenvalue weighted by atomic mass is 35.5. The average molecular weight is 230 g/mol. The largest absolute Gasteiger partial charge is 0.384 e. The Morgan fingerprint density at radius 1 is 1.00 bits per heavy atom. The predicted octanol–water partition coefficient (Wildman–Crippen LogP) is 3.90. The van der Waals surface area contributed by atoms with E-state index < -0.39 is 0 Å². The van der Waals surface area contributed by atoms with Crippen LogP contribution in [0.15, 0.2) is 48.5 Å². The molecule has 0 saturated heterocycles. The third kappa shape index (κ3) is 1.57. The summed E-state index contributed by atoms with van der Waals surface area (Å²) in [6.45, 7) is 0.973. The highest BCUT2D eigenvalue weighted by Gasteiger charge is 2.22. The molecule has 1 aliphatic rings. The van der Waals surface area contributed by atoms with Crippen molar-refractivity contribution in [3.8, 4) is 0 Å². The average Bonchev–Trinajstić information content (AvgIpc) is 2.74. The van der Waals surface area contributed by atoms with E-state index >= 15 is 0 Å². The minimum absolute atomic E-state index is 0.452. The van der Waals surface area contributed by atoms with Gasteiger partial charge in [0.15, 0.2) is 0 Å². The lowest BCUT2D eigenvalue weighted by atomic mass is 9.93. The van der Waals surface area contributed by atoms with E-state index in [1.165, 1.54) is 16.8 Å². The van der Waals surface area contributed by atoms with Gasteiger partial charge in [0.2, 0.25) is 0 Å². The molecule has 1 atom stereocenters. The lowest BCUT2D eigenvalue weighted by Crippen LogP contribution is -2.03. The number of hydrogen-bond acceptors (Lipinski definition) is 1. The zero-order valence-electron chi connectivity index (χ0n) is 8.78. The van der Waals surface area contributed by atoms with Crippen molar-refractivity contribution in [3.63, 3.8) is 0 Å². The van der Waals surface area contributed by atoms with Gasteiger partial charge in [-0.15, -0.1) is 0 Å². The molecule has 2 aromatic carbocycles. The molecule has 0 fully saturated rings. The Balaban J connectivity index is 2.01. The van der Waals surface area contributed by atoms with Gasteiger partial charge in [-0.05, 0) is 29.3 Å². The number of benzene rings is 2. The summed E-state index contributed by atoms with van der Waals surface area (Å²) in [6, 6.07) is 16.6. The molecule has 0 bridgehead atoms. The maximum absolute atomic E-state index is 5.90. The zero-order chi connectivity index (χ0) is 11.0. The van der Waals surface area contributed by atoms with E-state index in [2.05, 4.69) is 41.7 Å². The molecule has 0 radical (unpaired) electrons. The van der Waals surface area contributed by atoms with Crippen molar-refractivity contribution < 1.29 is 0 Å². The van der Waals surface area contributed by atoms with Gasteiger partial charge in [-0.2, -0.15) is 0 Å². The second-order valence-corrected chi connectivity index (χ2v) is 4.51. The van der Waals surface area contributed by atoms with Crippen molar-refractivity contribution in [1.82, 2.24) is 0 Å². The van der Waals surface area contributed by atoms with Gasteiger partial charge in [0, 0.05) is 23.2 Å². The van der Waals surface area contributed by atoms with Crippen LogP contribution < -0.4 is 5.32 Å². The maximum atomic E-state index is 5.90. The second kappa shape index (κ2) is 3.84. The number of nitrogens with one attached hydrogen (secondary N) is 1. The fourth-order valence-electron chi connectivity index (χ4n) is 2.28. The van der Waals surface area contributed by atoms with Crippen molar-refractivity contribution in [2.24, 2.45) is 0 Å². The highest BCUT2D eigenvalue weighted by Crippen LogP contribution is 2.35. The summed E-state index contributed by atoms with van der Waals surface area (Å²) in [5.74, 6) is 0.452. The summed E-state index contributed by atoms with van der Waals surface area (Å²) in [5.41, 5.74) is 3.95. The summed E-state index contributed by atoms with van der Waals surface area (Å²) < 4.78 is 0. The zero-order valence-corrected chi connectivity index (χ0v) is 9.54. The Morgan fingerprint density at radius 3 is 2.56 bits per heavy atom. The molecule has 0 aromatic heterocycles. The van der Waals surface area contributed by atoms with Crippen LogP contribution in [-0.4, -0.2) is 6.54 Å². The first kappa shape index (κ1) is 9.73. The number of rotatable bonds is 1. The van der Waals surface area contributed by atoms with Gasteiger partial charge >= 0.3 is 0 Å². The molecular weight excluding hydrogens is 218 g/mol. The first-order valence-electron chi connectivity index (χ1n) is 5.43. The van der Waals surface area contributed by atoms with Gasteiger partial charge in [0.05, 0.1) is 0 Å². The van der Waals surface area contributed by atoms with Crippen LogP contribution in [0.4, 0.5) is 5.69 Å². The smallest absolute Gasteiger partial charge is 0.0406 e. The van der Waals surface area contributed by atoms with Crippen LogP contribution in [0.2, 0.25) is 5.02 Å². The van der Waals surface area contributed by atoms with E-state index in [0.717, 1.165) is 11.6 Å². The third-order valence-corrected chi connectivity index (χ3v) is 3.36. The molecule has 0 saturated carbocycles. The minimum Gasteiger partial charge on any atom is -0.384 e. The second-order valence-electron chi connectivity index (χ2n) is 4.07. The monoisotopic (exact) mass is 229 g/mol. The molecule has 1 unspecified atom stereocenters. The summed E-state index contributed by atoms with van der Waals surface area (Å²) >= 11 is 5.90. The number of anilines is 1. The molecule has 0 spiro atoms. The first-order chi connectivity index (χ1) is 7.84. The van der Waals surface area contributed by atoms with E-state index in [4.69, 9.17) is 11.6 Å². The lowest BCUT2D eigenvalue weighted by molar-refractivity contribution is 0.907. The van der Waals surface area contributed by atoms with Gasteiger partial charge in [-0.25, -0.2) is 0 Å². The number of halogens is 1.